The summed E-state index contributed by atoms with van der Waals surface area (Å²) in [6, 6.07) is 4.46. The second kappa shape index (κ2) is 6.35. The van der Waals surface area contributed by atoms with E-state index in [1.165, 1.54) is 18.2 Å². The third-order valence-electron chi connectivity index (χ3n) is 3.56. The normalized spacial score (nSPS) is 16.2. The molecule has 1 aromatic carbocycles. The standard InChI is InChI=1S/C14H17ClFNO2/c15-13-6-5-11(16)7-10(13)8-17(9-14(18)19)12-3-1-2-4-12/h5-7,12H,1-4,8-9H2,(H,18,19). The van der Waals surface area contributed by atoms with Gasteiger partial charge >= 0.3 is 5.97 Å². The topological polar surface area (TPSA) is 40.5 Å². The van der Waals surface area contributed by atoms with Crippen molar-refractivity contribution in [1.82, 2.24) is 4.90 Å². The maximum Gasteiger partial charge on any atom is 0.317 e. The van der Waals surface area contributed by atoms with Gasteiger partial charge in [-0.15, -0.1) is 0 Å². The number of hydrogen-bond acceptors (Lipinski definition) is 2. The summed E-state index contributed by atoms with van der Waals surface area (Å²) in [6.07, 6.45) is 4.25. The molecule has 19 heavy (non-hydrogen) atoms. The summed E-state index contributed by atoms with van der Waals surface area (Å²) in [7, 11) is 0. The Hall–Kier alpha value is -1.13. The predicted molar refractivity (Wildman–Crippen MR) is 71.7 cm³/mol. The number of rotatable bonds is 5. The molecule has 5 heteroatoms. The Morgan fingerprint density at radius 1 is 1.42 bits per heavy atom. The van der Waals surface area contributed by atoms with Crippen molar-refractivity contribution in [2.45, 2.75) is 38.3 Å². The van der Waals surface area contributed by atoms with E-state index in [9.17, 15) is 9.18 Å². The van der Waals surface area contributed by atoms with Gasteiger partial charge in [-0.2, -0.15) is 0 Å². The second-order valence-electron chi connectivity index (χ2n) is 4.97. The van der Waals surface area contributed by atoms with E-state index in [2.05, 4.69) is 0 Å². The van der Waals surface area contributed by atoms with Gasteiger partial charge in [0.1, 0.15) is 5.82 Å². The van der Waals surface area contributed by atoms with Gasteiger partial charge in [0.05, 0.1) is 6.54 Å². The summed E-state index contributed by atoms with van der Waals surface area (Å²) in [5, 5.41) is 9.48. The molecule has 0 bridgehead atoms. The molecule has 3 nitrogen and oxygen atoms in total. The number of aliphatic carboxylic acids is 1. The Labute approximate surface area is 117 Å². The second-order valence-corrected chi connectivity index (χ2v) is 5.38. The smallest absolute Gasteiger partial charge is 0.317 e. The monoisotopic (exact) mass is 285 g/mol. The number of nitrogens with zero attached hydrogens (tertiary/aromatic N) is 1. The van der Waals surface area contributed by atoms with Gasteiger partial charge in [-0.05, 0) is 36.6 Å². The molecule has 0 aliphatic heterocycles. The minimum absolute atomic E-state index is 0.0302. The number of halogens is 2. The quantitative estimate of drug-likeness (QED) is 0.902. The zero-order valence-corrected chi connectivity index (χ0v) is 11.4. The third-order valence-corrected chi connectivity index (χ3v) is 3.93. The van der Waals surface area contributed by atoms with Crippen LogP contribution in [0.15, 0.2) is 18.2 Å². The Kier molecular flexibility index (Phi) is 4.77. The first-order valence-corrected chi connectivity index (χ1v) is 6.84. The van der Waals surface area contributed by atoms with E-state index >= 15 is 0 Å². The molecule has 1 saturated carbocycles. The van der Waals surface area contributed by atoms with Crippen molar-refractivity contribution < 1.29 is 14.3 Å². The van der Waals surface area contributed by atoms with E-state index in [-0.39, 0.29) is 18.4 Å². The molecule has 1 fully saturated rings. The maximum atomic E-state index is 13.2. The number of carboxylic acids is 1. The van der Waals surface area contributed by atoms with Crippen LogP contribution in [-0.2, 0) is 11.3 Å². The SMILES string of the molecule is O=C(O)CN(Cc1cc(F)ccc1Cl)C1CCCC1. The molecule has 1 aromatic rings. The lowest BCUT2D eigenvalue weighted by molar-refractivity contribution is -0.139. The molecule has 0 aromatic heterocycles. The van der Waals surface area contributed by atoms with Gasteiger partial charge in [-0.1, -0.05) is 24.4 Å². The van der Waals surface area contributed by atoms with Crippen molar-refractivity contribution in [2.75, 3.05) is 6.54 Å². The lowest BCUT2D eigenvalue weighted by Crippen LogP contribution is -2.37. The summed E-state index contributed by atoms with van der Waals surface area (Å²) < 4.78 is 13.2. The van der Waals surface area contributed by atoms with Crippen molar-refractivity contribution in [1.29, 1.82) is 0 Å². The summed E-state index contributed by atoms with van der Waals surface area (Å²) in [6.45, 7) is 0.352. The fourth-order valence-electron chi connectivity index (χ4n) is 2.64. The van der Waals surface area contributed by atoms with Crippen LogP contribution in [0.2, 0.25) is 5.02 Å². The molecule has 0 radical (unpaired) electrons. The van der Waals surface area contributed by atoms with E-state index in [1.807, 2.05) is 4.90 Å². The van der Waals surface area contributed by atoms with E-state index in [1.54, 1.807) is 0 Å². The van der Waals surface area contributed by atoms with Crippen LogP contribution in [0.5, 0.6) is 0 Å². The molecule has 0 spiro atoms. The first-order valence-electron chi connectivity index (χ1n) is 6.46. The molecule has 0 heterocycles. The highest BCUT2D eigenvalue weighted by Gasteiger charge is 2.25. The van der Waals surface area contributed by atoms with Crippen LogP contribution in [0.1, 0.15) is 31.2 Å². The molecule has 1 aliphatic carbocycles. The van der Waals surface area contributed by atoms with Crippen molar-refractivity contribution >= 4 is 17.6 Å². The number of hydrogen-bond donors (Lipinski definition) is 1. The first-order chi connectivity index (χ1) is 9.06. The summed E-state index contributed by atoms with van der Waals surface area (Å²) in [4.78, 5) is 12.8. The Balaban J connectivity index is 2.14. The molecule has 2 rings (SSSR count). The van der Waals surface area contributed by atoms with E-state index in [4.69, 9.17) is 16.7 Å². The van der Waals surface area contributed by atoms with Crippen molar-refractivity contribution in [2.24, 2.45) is 0 Å². The average molecular weight is 286 g/mol. The zero-order chi connectivity index (χ0) is 13.8. The van der Waals surface area contributed by atoms with Crippen LogP contribution >= 0.6 is 11.6 Å². The van der Waals surface area contributed by atoms with Crippen LogP contribution in [0.3, 0.4) is 0 Å². The molecule has 0 amide bonds. The molecular weight excluding hydrogens is 269 g/mol. The van der Waals surface area contributed by atoms with E-state index in [0.29, 0.717) is 17.1 Å². The Morgan fingerprint density at radius 2 is 2.11 bits per heavy atom. The van der Waals surface area contributed by atoms with Gasteiger partial charge in [-0.3, -0.25) is 9.69 Å². The molecule has 104 valence electrons. The minimum Gasteiger partial charge on any atom is -0.480 e. The van der Waals surface area contributed by atoms with Crippen LogP contribution in [0.4, 0.5) is 4.39 Å². The molecular formula is C14H17ClFNO2. The van der Waals surface area contributed by atoms with Crippen LogP contribution in [0.25, 0.3) is 0 Å². The fourth-order valence-corrected chi connectivity index (χ4v) is 2.82. The van der Waals surface area contributed by atoms with Crippen LogP contribution < -0.4 is 0 Å². The van der Waals surface area contributed by atoms with Gasteiger partial charge in [0, 0.05) is 17.6 Å². The van der Waals surface area contributed by atoms with Crippen molar-refractivity contribution in [3.63, 3.8) is 0 Å². The number of carboxylic acid groups (broad SMARTS) is 1. The van der Waals surface area contributed by atoms with Gasteiger partial charge < -0.3 is 5.11 Å². The van der Waals surface area contributed by atoms with Gasteiger partial charge in [0.25, 0.3) is 0 Å². The Morgan fingerprint density at radius 3 is 2.74 bits per heavy atom. The summed E-state index contributed by atoms with van der Waals surface area (Å²) in [5.74, 6) is -1.21. The molecule has 0 saturated heterocycles. The van der Waals surface area contributed by atoms with Crippen molar-refractivity contribution in [3.8, 4) is 0 Å². The fraction of sp³-hybridized carbons (Fsp3) is 0.500. The number of benzene rings is 1. The highest BCUT2D eigenvalue weighted by Crippen LogP contribution is 2.26. The van der Waals surface area contributed by atoms with E-state index < -0.39 is 5.97 Å². The van der Waals surface area contributed by atoms with Crippen LogP contribution in [-0.4, -0.2) is 28.6 Å². The number of carbonyl (C=O) groups is 1. The highest BCUT2D eigenvalue weighted by molar-refractivity contribution is 6.31. The molecule has 0 unspecified atom stereocenters. The Bertz CT molecular complexity index is 461. The third kappa shape index (κ3) is 3.91. The van der Waals surface area contributed by atoms with E-state index in [0.717, 1.165) is 25.7 Å². The average Bonchev–Trinajstić information content (AvgIpc) is 2.86. The molecule has 1 N–H and O–H groups in total. The van der Waals surface area contributed by atoms with Gasteiger partial charge in [0.2, 0.25) is 0 Å². The lowest BCUT2D eigenvalue weighted by atomic mass is 10.1. The van der Waals surface area contributed by atoms with Crippen molar-refractivity contribution in [3.05, 3.63) is 34.6 Å². The maximum absolute atomic E-state index is 13.2. The molecule has 0 atom stereocenters. The zero-order valence-electron chi connectivity index (χ0n) is 10.6. The highest BCUT2D eigenvalue weighted by atomic mass is 35.5. The summed E-state index contributed by atoms with van der Waals surface area (Å²) >= 11 is 6.04. The van der Waals surface area contributed by atoms with Gasteiger partial charge in [-0.25, -0.2) is 4.39 Å². The molecule has 1 aliphatic rings. The minimum atomic E-state index is -0.862. The van der Waals surface area contributed by atoms with Crippen LogP contribution in [0, 0.1) is 5.82 Å². The lowest BCUT2D eigenvalue weighted by Gasteiger charge is -2.27. The first kappa shape index (κ1) is 14.3. The van der Waals surface area contributed by atoms with Gasteiger partial charge in [0.15, 0.2) is 0 Å². The summed E-state index contributed by atoms with van der Waals surface area (Å²) in [5.41, 5.74) is 0.648. The predicted octanol–water partition coefficient (Wildman–Crippen LogP) is 3.31. The largest absolute Gasteiger partial charge is 0.480 e.